The molecule has 10 heavy (non-hydrogen) atoms. The second kappa shape index (κ2) is 17.5. The van der Waals surface area contributed by atoms with Crippen molar-refractivity contribution in [2.24, 2.45) is 0 Å². The molecule has 0 radical (unpaired) electrons. The van der Waals surface area contributed by atoms with Crippen molar-refractivity contribution in [1.29, 1.82) is 0 Å². The molecule has 0 fully saturated rings. The average molecular weight is 591 g/mol. The van der Waals surface area contributed by atoms with Crippen LogP contribution in [-0.2, 0) is 8.59 Å². The molecule has 0 heterocycles. The summed E-state index contributed by atoms with van der Waals surface area (Å²) in [7, 11) is -1.97. The van der Waals surface area contributed by atoms with Gasteiger partial charge in [0.1, 0.15) is 0 Å². The molecule has 0 aliphatic heterocycles. The van der Waals surface area contributed by atoms with E-state index in [1.807, 2.05) is 0 Å². The summed E-state index contributed by atoms with van der Waals surface area (Å²) >= 11 is 13.4. The second-order valence-corrected chi connectivity index (χ2v) is 84.7. The van der Waals surface area contributed by atoms with E-state index in [1.165, 1.54) is 0 Å². The summed E-state index contributed by atoms with van der Waals surface area (Å²) in [6.45, 7) is 0. The van der Waals surface area contributed by atoms with Gasteiger partial charge in [0.25, 0.3) is 0 Å². The molecule has 0 aromatic carbocycles. The van der Waals surface area contributed by atoms with Gasteiger partial charge in [-0.25, -0.2) is 0 Å². The number of halogens is 4. The van der Waals surface area contributed by atoms with Crippen LogP contribution in [-0.4, -0.2) is 27.4 Å². The maximum atomic E-state index is 3.34. The Hall–Kier alpha value is 2.46. The molecule has 0 bridgehead atoms. The first-order chi connectivity index (χ1) is 2.00. The van der Waals surface area contributed by atoms with Gasteiger partial charge in [-0.15, -0.1) is 0 Å². The third kappa shape index (κ3) is 155. The van der Waals surface area contributed by atoms with Crippen molar-refractivity contribution in [2.75, 3.05) is 0 Å². The Bertz CT molecular complexity index is 29.1. The van der Waals surface area contributed by atoms with E-state index in [1.54, 1.807) is 0 Å². The summed E-state index contributed by atoms with van der Waals surface area (Å²) in [4.78, 5) is 0. The first kappa shape index (κ1) is 39.2. The van der Waals surface area contributed by atoms with Gasteiger partial charge in [0.2, 0.25) is 0 Å². The molecule has 0 saturated heterocycles. The Labute approximate surface area is 86.8 Å². The molecular formula is H10Br4O5Ta. The topological polar surface area (TPSA) is 158 Å². The Morgan fingerprint density at radius 3 is 0.500 bits per heavy atom. The van der Waals surface area contributed by atoms with Crippen LogP contribution < -0.4 is 0 Å². The minimum atomic E-state index is -1.97. The molecule has 0 aliphatic carbocycles. The molecule has 0 saturated carbocycles. The maximum absolute atomic E-state index is 3.34. The van der Waals surface area contributed by atoms with E-state index in [9.17, 15) is 0 Å². The quantitative estimate of drug-likeness (QED) is 0.348. The summed E-state index contributed by atoms with van der Waals surface area (Å²) in [6, 6.07) is 0. The third-order valence-corrected chi connectivity index (χ3v) is 0. The van der Waals surface area contributed by atoms with E-state index in [0.29, 0.717) is 0 Å². The van der Waals surface area contributed by atoms with Crippen LogP contribution in [0.3, 0.4) is 0 Å². The minimum absolute atomic E-state index is 0. The van der Waals surface area contributed by atoms with E-state index in [0.717, 1.165) is 0 Å². The Morgan fingerprint density at radius 1 is 0.500 bits per heavy atom. The van der Waals surface area contributed by atoms with Crippen LogP contribution in [0.1, 0.15) is 0 Å². The van der Waals surface area contributed by atoms with Gasteiger partial charge >= 0.3 is 60.7 Å². The monoisotopic (exact) mass is 587 g/mol. The van der Waals surface area contributed by atoms with E-state index >= 15 is 0 Å². The Morgan fingerprint density at radius 2 is 0.500 bits per heavy atom. The zero-order valence-electron chi connectivity index (χ0n) is 4.46. The number of hydrogen-bond donors (Lipinski definition) is 0. The predicted octanol–water partition coefficient (Wildman–Crippen LogP) is -0.744. The van der Waals surface area contributed by atoms with Crippen LogP contribution in [0.25, 0.3) is 0 Å². The standard InChI is InChI=1S/4BrH.5H2O.Ta/h4*1H;5*1H2;/q;;;;;;;;;+4/p-4. The Kier molecular flexibility index (Phi) is 68.7. The fourth-order valence-corrected chi connectivity index (χ4v) is 0. The van der Waals surface area contributed by atoms with Crippen LogP contribution in [0.5, 0.6) is 0 Å². The Balaban J connectivity index is -0.00000000800. The molecule has 0 aliphatic rings. The van der Waals surface area contributed by atoms with Crippen LogP contribution in [0.15, 0.2) is 0 Å². The normalized spacial score (nSPS) is 6.00. The summed E-state index contributed by atoms with van der Waals surface area (Å²) < 4.78 is 0. The van der Waals surface area contributed by atoms with Crippen molar-refractivity contribution >= 4 is 52.1 Å². The van der Waals surface area contributed by atoms with E-state index in [2.05, 4.69) is 52.1 Å². The zero-order valence-corrected chi connectivity index (χ0v) is 14.0. The van der Waals surface area contributed by atoms with Crippen molar-refractivity contribution in [3.8, 4) is 0 Å². The van der Waals surface area contributed by atoms with Gasteiger partial charge in [-0.2, -0.15) is 0 Å². The van der Waals surface area contributed by atoms with Gasteiger partial charge in [-0.05, 0) is 0 Å². The number of rotatable bonds is 0. The molecule has 0 aromatic heterocycles. The van der Waals surface area contributed by atoms with Crippen molar-refractivity contribution < 1.29 is 36.0 Å². The molecule has 0 atom stereocenters. The molecule has 0 amide bonds. The average Bonchev–Trinajstić information content (AvgIpc) is 0.722. The SMILES string of the molecule is O.O.O.O.O.[Br][Ta]([Br])([Br])[Br]. The summed E-state index contributed by atoms with van der Waals surface area (Å²) in [5.41, 5.74) is 0. The van der Waals surface area contributed by atoms with Crippen LogP contribution in [0.4, 0.5) is 0 Å². The van der Waals surface area contributed by atoms with Crippen LogP contribution >= 0.6 is 52.1 Å². The molecular weight excluding hydrogens is 581 g/mol. The summed E-state index contributed by atoms with van der Waals surface area (Å²) in [6.07, 6.45) is 0. The molecule has 0 spiro atoms. The molecule has 0 unspecified atom stereocenters. The van der Waals surface area contributed by atoms with Gasteiger partial charge in [0.15, 0.2) is 0 Å². The predicted molar refractivity (Wildman–Crippen MR) is 53.8 cm³/mol. The molecule has 73 valence electrons. The fourth-order valence-electron chi connectivity index (χ4n) is 0. The molecule has 0 aromatic rings. The summed E-state index contributed by atoms with van der Waals surface area (Å²) in [5.74, 6) is 0. The van der Waals surface area contributed by atoms with Gasteiger partial charge in [0, 0.05) is 0 Å². The van der Waals surface area contributed by atoms with Crippen molar-refractivity contribution in [3.63, 3.8) is 0 Å². The van der Waals surface area contributed by atoms with Crippen molar-refractivity contribution in [1.82, 2.24) is 0 Å². The second-order valence-electron chi connectivity index (χ2n) is 0.383. The van der Waals surface area contributed by atoms with Gasteiger partial charge < -0.3 is 27.4 Å². The van der Waals surface area contributed by atoms with Crippen LogP contribution in [0, 0.1) is 0 Å². The van der Waals surface area contributed by atoms with Gasteiger partial charge in [-0.3, -0.25) is 0 Å². The van der Waals surface area contributed by atoms with Crippen molar-refractivity contribution in [2.45, 2.75) is 0 Å². The molecule has 0 rings (SSSR count). The van der Waals surface area contributed by atoms with E-state index < -0.39 is 8.59 Å². The third-order valence-electron chi connectivity index (χ3n) is 0. The van der Waals surface area contributed by atoms with Crippen molar-refractivity contribution in [3.05, 3.63) is 0 Å². The molecule has 10 heteroatoms. The van der Waals surface area contributed by atoms with Gasteiger partial charge in [0.05, 0.1) is 0 Å². The molecule has 10 N–H and O–H groups in total. The first-order valence-electron chi connectivity index (χ1n) is 0.676. The molecule has 5 nitrogen and oxygen atoms in total. The summed E-state index contributed by atoms with van der Waals surface area (Å²) in [5, 5.41) is 0. The van der Waals surface area contributed by atoms with E-state index in [4.69, 9.17) is 0 Å². The zero-order chi connectivity index (χ0) is 4.50. The van der Waals surface area contributed by atoms with Gasteiger partial charge in [-0.1, -0.05) is 0 Å². The van der Waals surface area contributed by atoms with E-state index in [-0.39, 0.29) is 27.4 Å². The fraction of sp³-hybridized carbons (Fsp3) is 0. The number of hydrogen-bond acceptors (Lipinski definition) is 0. The first-order valence-corrected chi connectivity index (χ1v) is 28.8. The van der Waals surface area contributed by atoms with Crippen LogP contribution in [0.2, 0.25) is 0 Å².